The molecule has 0 bridgehead atoms. The van der Waals surface area contributed by atoms with E-state index in [1.165, 1.54) is 0 Å². The Balaban J connectivity index is 1.50. The van der Waals surface area contributed by atoms with Crippen LogP contribution in [0.4, 0.5) is 10.5 Å². The lowest BCUT2D eigenvalue weighted by atomic mass is 10.1. The van der Waals surface area contributed by atoms with Gasteiger partial charge in [0.25, 0.3) is 5.91 Å². The Labute approximate surface area is 165 Å². The van der Waals surface area contributed by atoms with Crippen molar-refractivity contribution in [1.82, 2.24) is 15.2 Å². The minimum atomic E-state index is -0.316. The second-order valence-electron chi connectivity index (χ2n) is 6.98. The van der Waals surface area contributed by atoms with Crippen LogP contribution in [0.15, 0.2) is 42.7 Å². The predicted octanol–water partition coefficient (Wildman–Crippen LogP) is 3.22. The average molecular weight is 382 g/mol. The van der Waals surface area contributed by atoms with Crippen molar-refractivity contribution in [3.05, 3.63) is 53.9 Å². The zero-order chi connectivity index (χ0) is 19.9. The molecule has 2 heterocycles. The number of benzene rings is 1. The number of aromatic nitrogens is 1. The molecule has 0 saturated carbocycles. The van der Waals surface area contributed by atoms with Gasteiger partial charge in [-0.1, -0.05) is 0 Å². The van der Waals surface area contributed by atoms with Gasteiger partial charge in [-0.15, -0.1) is 0 Å². The second kappa shape index (κ2) is 9.21. The van der Waals surface area contributed by atoms with Gasteiger partial charge in [-0.3, -0.25) is 9.78 Å². The standard InChI is InChI=1S/C21H26N4O3/c1-15-12-17(20(26)25-10-3-4-11-25)7-8-19(15)24-21(27)23-13-16(2)28-18-6-5-9-22-14-18/h5-9,12,14,16H,3-4,10-11,13H2,1-2H3,(H2,23,24,27). The topological polar surface area (TPSA) is 83.6 Å². The number of nitrogens with one attached hydrogen (secondary N) is 2. The molecule has 148 valence electrons. The molecule has 7 heteroatoms. The second-order valence-corrected chi connectivity index (χ2v) is 6.98. The van der Waals surface area contributed by atoms with Crippen molar-refractivity contribution in [2.24, 2.45) is 0 Å². The van der Waals surface area contributed by atoms with E-state index in [4.69, 9.17) is 4.74 Å². The third-order valence-corrected chi connectivity index (χ3v) is 4.64. The summed E-state index contributed by atoms with van der Waals surface area (Å²) in [6.45, 7) is 5.74. The number of carbonyl (C=O) groups is 2. The number of likely N-dealkylation sites (tertiary alicyclic amines) is 1. The first-order chi connectivity index (χ1) is 13.5. The maximum atomic E-state index is 12.5. The molecule has 1 saturated heterocycles. The number of rotatable bonds is 6. The molecule has 1 aliphatic rings. The van der Waals surface area contributed by atoms with Crippen molar-refractivity contribution >= 4 is 17.6 Å². The minimum Gasteiger partial charge on any atom is -0.487 e. The fourth-order valence-electron chi connectivity index (χ4n) is 3.13. The third kappa shape index (κ3) is 5.22. The van der Waals surface area contributed by atoms with E-state index in [9.17, 15) is 9.59 Å². The lowest BCUT2D eigenvalue weighted by Crippen LogP contribution is -2.36. The highest BCUT2D eigenvalue weighted by Gasteiger charge is 2.20. The Bertz CT molecular complexity index is 820. The Kier molecular flexibility index (Phi) is 6.47. The van der Waals surface area contributed by atoms with E-state index in [0.29, 0.717) is 23.5 Å². The van der Waals surface area contributed by atoms with Crippen LogP contribution in [-0.2, 0) is 0 Å². The monoisotopic (exact) mass is 382 g/mol. The van der Waals surface area contributed by atoms with Gasteiger partial charge < -0.3 is 20.3 Å². The molecule has 0 radical (unpaired) electrons. The van der Waals surface area contributed by atoms with E-state index in [2.05, 4.69) is 15.6 Å². The molecule has 28 heavy (non-hydrogen) atoms. The SMILES string of the molecule is Cc1cc(C(=O)N2CCCC2)ccc1NC(=O)NCC(C)Oc1cccnc1. The fourth-order valence-corrected chi connectivity index (χ4v) is 3.13. The summed E-state index contributed by atoms with van der Waals surface area (Å²) in [6, 6.07) is 8.65. The molecule has 2 N–H and O–H groups in total. The van der Waals surface area contributed by atoms with Gasteiger partial charge in [0.1, 0.15) is 11.9 Å². The molecule has 1 aromatic carbocycles. The molecule has 1 aromatic heterocycles. The third-order valence-electron chi connectivity index (χ3n) is 4.64. The summed E-state index contributed by atoms with van der Waals surface area (Å²) in [4.78, 5) is 30.5. The number of carbonyl (C=O) groups excluding carboxylic acids is 2. The predicted molar refractivity (Wildman–Crippen MR) is 108 cm³/mol. The molecule has 3 amide bonds. The summed E-state index contributed by atoms with van der Waals surface area (Å²) in [5.41, 5.74) is 2.18. The smallest absolute Gasteiger partial charge is 0.319 e. The van der Waals surface area contributed by atoms with Crippen LogP contribution >= 0.6 is 0 Å². The van der Waals surface area contributed by atoms with Crippen molar-refractivity contribution in [1.29, 1.82) is 0 Å². The van der Waals surface area contributed by atoms with E-state index in [1.54, 1.807) is 30.6 Å². The molecular weight excluding hydrogens is 356 g/mol. The van der Waals surface area contributed by atoms with Crippen LogP contribution in [0.25, 0.3) is 0 Å². The van der Waals surface area contributed by atoms with Crippen LogP contribution in [0.1, 0.15) is 35.7 Å². The molecule has 1 unspecified atom stereocenters. The van der Waals surface area contributed by atoms with E-state index in [1.807, 2.05) is 30.9 Å². The number of urea groups is 1. The summed E-state index contributed by atoms with van der Waals surface area (Å²) in [6.07, 6.45) is 5.23. The highest BCUT2D eigenvalue weighted by molar-refractivity contribution is 5.96. The Morgan fingerprint density at radius 2 is 2.04 bits per heavy atom. The molecule has 7 nitrogen and oxygen atoms in total. The minimum absolute atomic E-state index is 0.0537. The van der Waals surface area contributed by atoms with Gasteiger partial charge in [-0.25, -0.2) is 4.79 Å². The van der Waals surface area contributed by atoms with Gasteiger partial charge in [-0.2, -0.15) is 0 Å². The molecule has 0 aliphatic carbocycles. The molecule has 1 aliphatic heterocycles. The van der Waals surface area contributed by atoms with Gasteiger partial charge in [0.05, 0.1) is 12.7 Å². The number of anilines is 1. The molecule has 0 spiro atoms. The van der Waals surface area contributed by atoms with Crippen LogP contribution in [0.5, 0.6) is 5.75 Å². The summed E-state index contributed by atoms with van der Waals surface area (Å²) in [5.74, 6) is 0.712. The maximum Gasteiger partial charge on any atom is 0.319 e. The van der Waals surface area contributed by atoms with Crippen molar-refractivity contribution in [3.8, 4) is 5.75 Å². The zero-order valence-electron chi connectivity index (χ0n) is 16.3. The number of hydrogen-bond acceptors (Lipinski definition) is 4. The van der Waals surface area contributed by atoms with Crippen molar-refractivity contribution in [2.45, 2.75) is 32.8 Å². The van der Waals surface area contributed by atoms with Gasteiger partial charge in [-0.05, 0) is 62.6 Å². The van der Waals surface area contributed by atoms with Gasteiger partial charge in [0.2, 0.25) is 0 Å². The maximum absolute atomic E-state index is 12.5. The molecule has 2 aromatic rings. The Morgan fingerprint density at radius 1 is 1.25 bits per heavy atom. The van der Waals surface area contributed by atoms with E-state index in [-0.39, 0.29) is 18.0 Å². The number of hydrogen-bond donors (Lipinski definition) is 2. The van der Waals surface area contributed by atoms with Crippen molar-refractivity contribution in [3.63, 3.8) is 0 Å². The largest absolute Gasteiger partial charge is 0.487 e. The molecule has 1 fully saturated rings. The highest BCUT2D eigenvalue weighted by atomic mass is 16.5. The first kappa shape index (κ1) is 19.7. The Morgan fingerprint density at radius 3 is 2.71 bits per heavy atom. The quantitative estimate of drug-likeness (QED) is 0.804. The molecule has 3 rings (SSSR count). The van der Waals surface area contributed by atoms with Crippen LogP contribution in [0, 0.1) is 6.92 Å². The van der Waals surface area contributed by atoms with Crippen LogP contribution in [0.2, 0.25) is 0 Å². The van der Waals surface area contributed by atoms with Gasteiger partial charge in [0.15, 0.2) is 0 Å². The fraction of sp³-hybridized carbons (Fsp3) is 0.381. The van der Waals surface area contributed by atoms with Gasteiger partial charge >= 0.3 is 6.03 Å². The van der Waals surface area contributed by atoms with E-state index in [0.717, 1.165) is 31.5 Å². The summed E-state index contributed by atoms with van der Waals surface area (Å²) < 4.78 is 5.68. The lowest BCUT2D eigenvalue weighted by Gasteiger charge is -2.17. The first-order valence-corrected chi connectivity index (χ1v) is 9.54. The van der Waals surface area contributed by atoms with Crippen LogP contribution < -0.4 is 15.4 Å². The number of aryl methyl sites for hydroxylation is 1. The highest BCUT2D eigenvalue weighted by Crippen LogP contribution is 2.19. The van der Waals surface area contributed by atoms with Crippen molar-refractivity contribution < 1.29 is 14.3 Å². The van der Waals surface area contributed by atoms with Gasteiger partial charge in [0, 0.05) is 30.5 Å². The number of nitrogens with zero attached hydrogens (tertiary/aromatic N) is 2. The van der Waals surface area contributed by atoms with Crippen LogP contribution in [0.3, 0.4) is 0 Å². The van der Waals surface area contributed by atoms with E-state index < -0.39 is 0 Å². The number of amides is 3. The lowest BCUT2D eigenvalue weighted by molar-refractivity contribution is 0.0792. The average Bonchev–Trinajstić information content (AvgIpc) is 3.23. The van der Waals surface area contributed by atoms with Crippen molar-refractivity contribution in [2.75, 3.05) is 25.0 Å². The summed E-state index contributed by atoms with van der Waals surface area (Å²) in [7, 11) is 0. The first-order valence-electron chi connectivity index (χ1n) is 9.54. The van der Waals surface area contributed by atoms with Crippen LogP contribution in [-0.4, -0.2) is 47.6 Å². The zero-order valence-corrected chi connectivity index (χ0v) is 16.3. The normalized spacial score (nSPS) is 14.4. The number of pyridine rings is 1. The summed E-state index contributed by atoms with van der Waals surface area (Å²) >= 11 is 0. The molecule has 1 atom stereocenters. The molecular formula is C21H26N4O3. The van der Waals surface area contributed by atoms with E-state index >= 15 is 0 Å². The number of ether oxygens (including phenoxy) is 1. The Hall–Kier alpha value is -3.09. The summed E-state index contributed by atoms with van der Waals surface area (Å²) in [5, 5.41) is 5.61.